The fourth-order valence-corrected chi connectivity index (χ4v) is 5.15. The Labute approximate surface area is 140 Å². The minimum Gasteiger partial charge on any atom is -0.343 e. The van der Waals surface area contributed by atoms with Gasteiger partial charge in [0, 0.05) is 33.1 Å². The smallest absolute Gasteiger partial charge is 0.246 e. The Morgan fingerprint density at radius 2 is 1.73 bits per heavy atom. The molecule has 22 heavy (non-hydrogen) atoms. The third kappa shape index (κ3) is 3.40. The van der Waals surface area contributed by atoms with Crippen LogP contribution >= 0.6 is 23.2 Å². The van der Waals surface area contributed by atoms with E-state index in [4.69, 9.17) is 23.2 Å². The first kappa shape index (κ1) is 17.5. The molecule has 0 bridgehead atoms. The number of nitrogens with zero attached hydrogens (tertiary/aromatic N) is 2. The van der Waals surface area contributed by atoms with E-state index in [0.717, 1.165) is 0 Å². The quantitative estimate of drug-likeness (QED) is 0.828. The first-order valence-corrected chi connectivity index (χ1v) is 9.12. The van der Waals surface area contributed by atoms with Gasteiger partial charge in [0.15, 0.2) is 0 Å². The molecule has 0 unspecified atom stereocenters. The van der Waals surface area contributed by atoms with Crippen molar-refractivity contribution < 1.29 is 13.2 Å². The topological polar surface area (TPSA) is 57.7 Å². The molecule has 1 aromatic rings. The maximum atomic E-state index is 12.7. The van der Waals surface area contributed by atoms with Crippen LogP contribution in [0.25, 0.3) is 0 Å². The number of amides is 1. The Kier molecular flexibility index (Phi) is 5.37. The molecule has 5 nitrogen and oxygen atoms in total. The van der Waals surface area contributed by atoms with Crippen LogP contribution < -0.4 is 0 Å². The molecule has 2 rings (SSSR count). The number of hydrogen-bond acceptors (Lipinski definition) is 3. The van der Waals surface area contributed by atoms with Crippen molar-refractivity contribution in [1.82, 2.24) is 9.21 Å². The summed E-state index contributed by atoms with van der Waals surface area (Å²) in [6, 6.07) is 4.69. The van der Waals surface area contributed by atoms with Crippen LogP contribution in [0, 0.1) is 0 Å². The predicted octanol–water partition coefficient (Wildman–Crippen LogP) is 2.62. The van der Waals surface area contributed by atoms with Crippen molar-refractivity contribution in [2.45, 2.75) is 30.7 Å². The summed E-state index contributed by atoms with van der Waals surface area (Å²) in [7, 11) is -1.99. The molecular formula is C14H18Cl2N2O3S. The van der Waals surface area contributed by atoms with Gasteiger partial charge in [-0.2, -0.15) is 4.31 Å². The van der Waals surface area contributed by atoms with Crippen molar-refractivity contribution in [3.63, 3.8) is 0 Å². The fourth-order valence-electron chi connectivity index (χ4n) is 2.58. The standard InChI is InChI=1S/C14H18Cl2N2O3S/c1-10(19)17(2)11-6-8-18(9-7-11)22(20,21)14-12(15)4-3-5-13(14)16/h3-5,11H,6-9H2,1-2H3. The number of piperidine rings is 1. The Hall–Kier alpha value is -0.820. The molecule has 1 heterocycles. The van der Waals surface area contributed by atoms with Crippen molar-refractivity contribution in [3.8, 4) is 0 Å². The zero-order chi connectivity index (χ0) is 16.5. The summed E-state index contributed by atoms with van der Waals surface area (Å²) in [6.45, 7) is 2.19. The van der Waals surface area contributed by atoms with Gasteiger partial charge in [0.1, 0.15) is 4.90 Å². The maximum Gasteiger partial charge on any atom is 0.246 e. The van der Waals surface area contributed by atoms with E-state index in [1.807, 2.05) is 0 Å². The summed E-state index contributed by atoms with van der Waals surface area (Å²) < 4.78 is 26.8. The third-order valence-corrected chi connectivity index (χ3v) is 6.84. The molecule has 122 valence electrons. The van der Waals surface area contributed by atoms with Crippen LogP contribution in [0.5, 0.6) is 0 Å². The Morgan fingerprint density at radius 1 is 1.23 bits per heavy atom. The normalized spacial score (nSPS) is 17.5. The second-order valence-electron chi connectivity index (χ2n) is 5.32. The van der Waals surface area contributed by atoms with Gasteiger partial charge in [-0.3, -0.25) is 4.79 Å². The highest BCUT2D eigenvalue weighted by atomic mass is 35.5. The molecule has 1 fully saturated rings. The van der Waals surface area contributed by atoms with Gasteiger partial charge in [-0.05, 0) is 25.0 Å². The van der Waals surface area contributed by atoms with Crippen LogP contribution in [-0.2, 0) is 14.8 Å². The highest BCUT2D eigenvalue weighted by Gasteiger charge is 2.33. The van der Waals surface area contributed by atoms with Crippen LogP contribution in [0.15, 0.2) is 23.1 Å². The van der Waals surface area contributed by atoms with E-state index in [-0.39, 0.29) is 26.9 Å². The van der Waals surface area contributed by atoms with Crippen LogP contribution in [0.1, 0.15) is 19.8 Å². The van der Waals surface area contributed by atoms with E-state index in [9.17, 15) is 13.2 Å². The van der Waals surface area contributed by atoms with Crippen molar-refractivity contribution in [2.24, 2.45) is 0 Å². The van der Waals surface area contributed by atoms with Gasteiger partial charge in [-0.25, -0.2) is 8.42 Å². The number of sulfonamides is 1. The summed E-state index contributed by atoms with van der Waals surface area (Å²) in [5, 5.41) is 0.242. The molecule has 0 radical (unpaired) electrons. The molecule has 0 saturated carbocycles. The molecule has 0 N–H and O–H groups in total. The summed E-state index contributed by atoms with van der Waals surface area (Å²) >= 11 is 12.0. The Balaban J connectivity index is 2.19. The molecule has 0 atom stereocenters. The first-order valence-electron chi connectivity index (χ1n) is 6.92. The second-order valence-corrected chi connectivity index (χ2v) is 8.01. The van der Waals surface area contributed by atoms with Crippen LogP contribution in [0.3, 0.4) is 0 Å². The van der Waals surface area contributed by atoms with Crippen molar-refractivity contribution in [3.05, 3.63) is 28.2 Å². The Bertz CT molecular complexity index is 650. The van der Waals surface area contributed by atoms with Gasteiger partial charge in [0.25, 0.3) is 0 Å². The maximum absolute atomic E-state index is 12.7. The second kappa shape index (κ2) is 6.74. The lowest BCUT2D eigenvalue weighted by atomic mass is 10.1. The number of halogens is 2. The van der Waals surface area contributed by atoms with Crippen molar-refractivity contribution in [2.75, 3.05) is 20.1 Å². The molecule has 1 saturated heterocycles. The van der Waals surface area contributed by atoms with Crippen LogP contribution in [0.2, 0.25) is 10.0 Å². The third-order valence-electron chi connectivity index (χ3n) is 3.98. The zero-order valence-electron chi connectivity index (χ0n) is 12.4. The van der Waals surface area contributed by atoms with Crippen molar-refractivity contribution in [1.29, 1.82) is 0 Å². The lowest BCUT2D eigenvalue weighted by Crippen LogP contribution is -2.46. The monoisotopic (exact) mass is 364 g/mol. The van der Waals surface area contributed by atoms with Crippen molar-refractivity contribution >= 4 is 39.1 Å². The number of hydrogen-bond donors (Lipinski definition) is 0. The van der Waals surface area contributed by atoms with Crippen LogP contribution in [-0.4, -0.2) is 49.7 Å². The zero-order valence-corrected chi connectivity index (χ0v) is 14.7. The minimum atomic E-state index is -3.73. The molecule has 0 aromatic heterocycles. The highest BCUT2D eigenvalue weighted by molar-refractivity contribution is 7.89. The largest absolute Gasteiger partial charge is 0.343 e. The number of benzene rings is 1. The molecule has 0 spiro atoms. The Morgan fingerprint density at radius 3 is 2.18 bits per heavy atom. The lowest BCUT2D eigenvalue weighted by molar-refractivity contribution is -0.130. The predicted molar refractivity (Wildman–Crippen MR) is 86.7 cm³/mol. The molecule has 0 aliphatic carbocycles. The molecule has 1 aliphatic heterocycles. The molecule has 1 aliphatic rings. The summed E-state index contributed by atoms with van der Waals surface area (Å²) in [5.74, 6) is -0.0181. The number of carbonyl (C=O) groups is 1. The van der Waals surface area contributed by atoms with E-state index in [1.165, 1.54) is 23.4 Å². The minimum absolute atomic E-state index is 0.0181. The molecule has 1 aromatic carbocycles. The molecular weight excluding hydrogens is 347 g/mol. The fraction of sp³-hybridized carbons (Fsp3) is 0.500. The number of carbonyl (C=O) groups excluding carboxylic acids is 1. The average Bonchev–Trinajstić information content (AvgIpc) is 2.46. The van der Waals surface area contributed by atoms with Gasteiger partial charge in [-0.15, -0.1) is 0 Å². The van der Waals surface area contributed by atoms with E-state index >= 15 is 0 Å². The number of rotatable bonds is 3. The van der Waals surface area contributed by atoms with Gasteiger partial charge >= 0.3 is 0 Å². The molecule has 1 amide bonds. The van der Waals surface area contributed by atoms with Gasteiger partial charge < -0.3 is 4.90 Å². The van der Waals surface area contributed by atoms with Crippen LogP contribution in [0.4, 0.5) is 0 Å². The average molecular weight is 365 g/mol. The SMILES string of the molecule is CC(=O)N(C)C1CCN(S(=O)(=O)c2c(Cl)cccc2Cl)CC1. The molecule has 8 heteroatoms. The van der Waals surface area contributed by atoms with E-state index < -0.39 is 10.0 Å². The van der Waals surface area contributed by atoms with E-state index in [2.05, 4.69) is 0 Å². The highest BCUT2D eigenvalue weighted by Crippen LogP contribution is 2.33. The van der Waals surface area contributed by atoms with E-state index in [1.54, 1.807) is 18.0 Å². The lowest BCUT2D eigenvalue weighted by Gasteiger charge is -2.35. The van der Waals surface area contributed by atoms with Gasteiger partial charge in [0.05, 0.1) is 10.0 Å². The summed E-state index contributed by atoms with van der Waals surface area (Å²) in [4.78, 5) is 13.0. The van der Waals surface area contributed by atoms with E-state index in [0.29, 0.717) is 25.9 Å². The summed E-state index contributed by atoms with van der Waals surface area (Å²) in [5.41, 5.74) is 0. The summed E-state index contributed by atoms with van der Waals surface area (Å²) in [6.07, 6.45) is 1.19. The van der Waals surface area contributed by atoms with Gasteiger partial charge in [-0.1, -0.05) is 29.3 Å². The van der Waals surface area contributed by atoms with Gasteiger partial charge in [0.2, 0.25) is 15.9 Å². The first-order chi connectivity index (χ1) is 10.2.